The molecule has 0 radical (unpaired) electrons. The SMILES string of the molecule is CCOc1ccc(-c2cc(Nc3cccc4c3CCN(CCS(=O)(=O)CC)C4)ccc2C)nn1. The monoisotopic (exact) mass is 480 g/mol. The first-order valence-electron chi connectivity index (χ1n) is 11.8. The van der Waals surface area contributed by atoms with Gasteiger partial charge in [-0.25, -0.2) is 8.42 Å². The minimum absolute atomic E-state index is 0.201. The van der Waals surface area contributed by atoms with Crippen molar-refractivity contribution in [1.82, 2.24) is 15.1 Å². The molecule has 0 spiro atoms. The number of sulfone groups is 1. The second-order valence-corrected chi connectivity index (χ2v) is 11.0. The Morgan fingerprint density at radius 2 is 1.94 bits per heavy atom. The first kappa shape index (κ1) is 24.2. The summed E-state index contributed by atoms with van der Waals surface area (Å²) in [6.45, 7) is 8.45. The van der Waals surface area contributed by atoms with Crippen LogP contribution >= 0.6 is 0 Å². The van der Waals surface area contributed by atoms with Gasteiger partial charge in [-0.05, 0) is 61.2 Å². The van der Waals surface area contributed by atoms with Crippen molar-refractivity contribution >= 4 is 21.2 Å². The minimum atomic E-state index is -2.95. The van der Waals surface area contributed by atoms with Crippen LogP contribution < -0.4 is 10.1 Å². The van der Waals surface area contributed by atoms with Crippen molar-refractivity contribution in [2.45, 2.75) is 33.7 Å². The van der Waals surface area contributed by atoms with Crippen LogP contribution in [0.25, 0.3) is 11.3 Å². The molecule has 8 heteroatoms. The lowest BCUT2D eigenvalue weighted by Gasteiger charge is -2.30. The Labute approximate surface area is 202 Å². The molecule has 1 N–H and O–H groups in total. The Bertz CT molecular complexity index is 1240. The van der Waals surface area contributed by atoms with Crippen LogP contribution in [0.3, 0.4) is 0 Å². The molecule has 1 aliphatic heterocycles. The highest BCUT2D eigenvalue weighted by atomic mass is 32.2. The van der Waals surface area contributed by atoms with Gasteiger partial charge in [-0.3, -0.25) is 4.90 Å². The summed E-state index contributed by atoms with van der Waals surface area (Å²) in [4.78, 5) is 2.23. The average molecular weight is 481 g/mol. The molecule has 0 amide bonds. The fourth-order valence-corrected chi connectivity index (χ4v) is 5.03. The molecule has 34 heavy (non-hydrogen) atoms. The molecule has 1 aromatic heterocycles. The molecule has 0 unspecified atom stereocenters. The van der Waals surface area contributed by atoms with E-state index in [9.17, 15) is 8.42 Å². The lowest BCUT2D eigenvalue weighted by molar-refractivity contribution is 0.269. The third-order valence-electron chi connectivity index (χ3n) is 6.23. The summed E-state index contributed by atoms with van der Waals surface area (Å²) in [5.74, 6) is 0.944. The van der Waals surface area contributed by atoms with E-state index in [1.54, 1.807) is 6.92 Å². The van der Waals surface area contributed by atoms with E-state index in [-0.39, 0.29) is 11.5 Å². The Kier molecular flexibility index (Phi) is 7.48. The normalized spacial score (nSPS) is 14.0. The van der Waals surface area contributed by atoms with Crippen molar-refractivity contribution in [1.29, 1.82) is 0 Å². The van der Waals surface area contributed by atoms with E-state index in [0.29, 0.717) is 19.0 Å². The van der Waals surface area contributed by atoms with Gasteiger partial charge < -0.3 is 10.1 Å². The van der Waals surface area contributed by atoms with E-state index >= 15 is 0 Å². The Morgan fingerprint density at radius 1 is 1.09 bits per heavy atom. The smallest absolute Gasteiger partial charge is 0.233 e. The number of nitrogens with one attached hydrogen (secondary N) is 1. The maximum absolute atomic E-state index is 11.9. The molecule has 7 nitrogen and oxygen atoms in total. The van der Waals surface area contributed by atoms with E-state index in [4.69, 9.17) is 4.74 Å². The van der Waals surface area contributed by atoms with Gasteiger partial charge in [0.25, 0.3) is 0 Å². The van der Waals surface area contributed by atoms with Crippen LogP contribution in [-0.4, -0.2) is 54.7 Å². The second kappa shape index (κ2) is 10.5. The highest BCUT2D eigenvalue weighted by Crippen LogP contribution is 2.31. The van der Waals surface area contributed by atoms with Crippen molar-refractivity contribution in [2.75, 3.05) is 36.5 Å². The number of benzene rings is 2. The van der Waals surface area contributed by atoms with Crippen molar-refractivity contribution in [3.8, 4) is 17.1 Å². The van der Waals surface area contributed by atoms with E-state index in [0.717, 1.165) is 47.7 Å². The largest absolute Gasteiger partial charge is 0.477 e. The number of aromatic nitrogens is 2. The highest BCUT2D eigenvalue weighted by molar-refractivity contribution is 7.91. The molecular weight excluding hydrogens is 448 g/mol. The van der Waals surface area contributed by atoms with Crippen molar-refractivity contribution < 1.29 is 13.2 Å². The molecule has 3 aromatic rings. The van der Waals surface area contributed by atoms with Crippen LogP contribution in [0.1, 0.15) is 30.5 Å². The van der Waals surface area contributed by atoms with Gasteiger partial charge in [0.15, 0.2) is 9.84 Å². The number of hydrogen-bond donors (Lipinski definition) is 1. The predicted octanol–water partition coefficient (Wildman–Crippen LogP) is 4.39. The van der Waals surface area contributed by atoms with Gasteiger partial charge in [0.2, 0.25) is 5.88 Å². The minimum Gasteiger partial charge on any atom is -0.477 e. The van der Waals surface area contributed by atoms with E-state index in [1.165, 1.54) is 11.1 Å². The lowest BCUT2D eigenvalue weighted by atomic mass is 9.97. The van der Waals surface area contributed by atoms with Crippen LogP contribution in [0.2, 0.25) is 0 Å². The number of hydrogen-bond acceptors (Lipinski definition) is 7. The molecular formula is C26H32N4O3S. The fraction of sp³-hybridized carbons (Fsp3) is 0.385. The number of fused-ring (bicyclic) bond motifs is 1. The standard InChI is InChI=1S/C26H32N4O3S/c1-4-33-26-12-11-25(28-29-26)23-17-21(10-9-19(23)3)27-24-8-6-7-20-18-30(14-13-22(20)24)15-16-34(31,32)5-2/h6-12,17,27H,4-5,13-16,18H2,1-3H3. The maximum atomic E-state index is 11.9. The summed E-state index contributed by atoms with van der Waals surface area (Å²) in [6.07, 6.45) is 0.883. The summed E-state index contributed by atoms with van der Waals surface area (Å²) >= 11 is 0. The van der Waals surface area contributed by atoms with Crippen LogP contribution in [0.4, 0.5) is 11.4 Å². The molecule has 2 heterocycles. The summed E-state index contributed by atoms with van der Waals surface area (Å²) in [5, 5.41) is 12.1. The topological polar surface area (TPSA) is 84.4 Å². The predicted molar refractivity (Wildman–Crippen MR) is 136 cm³/mol. The van der Waals surface area contributed by atoms with Gasteiger partial charge >= 0.3 is 0 Å². The van der Waals surface area contributed by atoms with E-state index in [2.05, 4.69) is 63.7 Å². The van der Waals surface area contributed by atoms with Gasteiger partial charge in [0.1, 0.15) is 0 Å². The van der Waals surface area contributed by atoms with Crippen LogP contribution in [0, 0.1) is 6.92 Å². The number of anilines is 2. The average Bonchev–Trinajstić information content (AvgIpc) is 2.85. The Hall–Kier alpha value is -2.97. The number of rotatable bonds is 9. The molecule has 0 atom stereocenters. The number of aryl methyl sites for hydroxylation is 1. The van der Waals surface area contributed by atoms with Crippen molar-refractivity contribution in [3.63, 3.8) is 0 Å². The van der Waals surface area contributed by atoms with Crippen molar-refractivity contribution in [3.05, 3.63) is 65.2 Å². The van der Waals surface area contributed by atoms with Crippen LogP contribution in [0.5, 0.6) is 5.88 Å². The fourth-order valence-electron chi connectivity index (χ4n) is 4.21. The van der Waals surface area contributed by atoms with Gasteiger partial charge in [-0.15, -0.1) is 10.2 Å². The summed E-state index contributed by atoms with van der Waals surface area (Å²) in [5.41, 5.74) is 7.56. The molecule has 180 valence electrons. The maximum Gasteiger partial charge on any atom is 0.233 e. The van der Waals surface area contributed by atoms with E-state index < -0.39 is 9.84 Å². The Morgan fingerprint density at radius 3 is 2.68 bits per heavy atom. The van der Waals surface area contributed by atoms with Gasteiger partial charge in [-0.2, -0.15) is 0 Å². The third kappa shape index (κ3) is 5.74. The molecule has 1 aliphatic rings. The zero-order valence-electron chi connectivity index (χ0n) is 20.0. The molecule has 0 saturated carbocycles. The molecule has 0 bridgehead atoms. The molecule has 0 fully saturated rings. The molecule has 0 saturated heterocycles. The Balaban J connectivity index is 1.51. The summed E-state index contributed by atoms with van der Waals surface area (Å²) < 4.78 is 29.2. The van der Waals surface area contributed by atoms with Gasteiger partial charge in [0, 0.05) is 48.4 Å². The second-order valence-electron chi connectivity index (χ2n) is 8.55. The first-order valence-corrected chi connectivity index (χ1v) is 13.6. The zero-order chi connectivity index (χ0) is 24.1. The van der Waals surface area contributed by atoms with Crippen molar-refractivity contribution in [2.24, 2.45) is 0 Å². The summed E-state index contributed by atoms with van der Waals surface area (Å²) in [7, 11) is -2.95. The number of ether oxygens (including phenoxy) is 1. The lowest BCUT2D eigenvalue weighted by Crippen LogP contribution is -2.34. The van der Waals surface area contributed by atoms with Crippen LogP contribution in [0.15, 0.2) is 48.5 Å². The summed E-state index contributed by atoms with van der Waals surface area (Å²) in [6, 6.07) is 16.3. The van der Waals surface area contributed by atoms with Gasteiger partial charge in [0.05, 0.1) is 18.1 Å². The molecule has 0 aliphatic carbocycles. The van der Waals surface area contributed by atoms with Gasteiger partial charge in [-0.1, -0.05) is 25.1 Å². The third-order valence-corrected chi connectivity index (χ3v) is 7.91. The van der Waals surface area contributed by atoms with Crippen LogP contribution in [-0.2, 0) is 22.8 Å². The first-order chi connectivity index (χ1) is 16.4. The zero-order valence-corrected chi connectivity index (χ0v) is 20.9. The quantitative estimate of drug-likeness (QED) is 0.486. The number of nitrogens with zero attached hydrogens (tertiary/aromatic N) is 3. The highest BCUT2D eigenvalue weighted by Gasteiger charge is 2.20. The van der Waals surface area contributed by atoms with E-state index in [1.807, 2.05) is 19.1 Å². The molecule has 4 rings (SSSR count). The molecule has 2 aromatic carbocycles.